The molecule has 1 aromatic rings. The normalized spacial score (nSPS) is 25.3. The smallest absolute Gasteiger partial charge is 0.129 e. The molecule has 104 valence electrons. The van der Waals surface area contributed by atoms with Gasteiger partial charge < -0.3 is 14.6 Å². The zero-order valence-electron chi connectivity index (χ0n) is 11.5. The zero-order valence-corrected chi connectivity index (χ0v) is 11.5. The van der Waals surface area contributed by atoms with E-state index in [1.54, 1.807) is 7.11 Å². The molecule has 1 saturated carbocycles. The van der Waals surface area contributed by atoms with Gasteiger partial charge in [0, 0.05) is 18.1 Å². The van der Waals surface area contributed by atoms with Crippen LogP contribution in [0.4, 0.5) is 0 Å². The van der Waals surface area contributed by atoms with Crippen LogP contribution in [0.2, 0.25) is 0 Å². The van der Waals surface area contributed by atoms with Crippen LogP contribution in [0, 0.1) is 0 Å². The van der Waals surface area contributed by atoms with E-state index in [1.165, 1.54) is 25.7 Å². The van der Waals surface area contributed by atoms with Crippen molar-refractivity contribution in [3.8, 4) is 11.5 Å². The molecule has 1 heterocycles. The maximum Gasteiger partial charge on any atom is 0.129 e. The van der Waals surface area contributed by atoms with Gasteiger partial charge in [-0.15, -0.1) is 0 Å². The van der Waals surface area contributed by atoms with Crippen LogP contribution in [0.1, 0.15) is 56.6 Å². The molecule has 1 aliphatic carbocycles. The van der Waals surface area contributed by atoms with E-state index in [0.717, 1.165) is 36.3 Å². The molecule has 0 unspecified atom stereocenters. The Kier molecular flexibility index (Phi) is 3.40. The van der Waals surface area contributed by atoms with Crippen LogP contribution < -0.4 is 9.47 Å². The number of rotatable bonds is 1. The summed E-state index contributed by atoms with van der Waals surface area (Å²) in [7, 11) is 1.66. The summed E-state index contributed by atoms with van der Waals surface area (Å²) >= 11 is 0. The van der Waals surface area contributed by atoms with Crippen molar-refractivity contribution in [1.82, 2.24) is 0 Å². The molecule has 1 fully saturated rings. The molecule has 3 rings (SSSR count). The van der Waals surface area contributed by atoms with Crippen molar-refractivity contribution in [3.63, 3.8) is 0 Å². The summed E-state index contributed by atoms with van der Waals surface area (Å²) in [4.78, 5) is 0. The molecule has 3 nitrogen and oxygen atoms in total. The van der Waals surface area contributed by atoms with Gasteiger partial charge in [0.25, 0.3) is 0 Å². The first-order valence-electron chi connectivity index (χ1n) is 7.27. The Morgan fingerprint density at radius 3 is 2.63 bits per heavy atom. The predicted molar refractivity (Wildman–Crippen MR) is 73.6 cm³/mol. The third-order valence-electron chi connectivity index (χ3n) is 4.49. The van der Waals surface area contributed by atoms with Crippen LogP contribution in [0.25, 0.3) is 0 Å². The summed E-state index contributed by atoms with van der Waals surface area (Å²) in [6.07, 6.45) is 7.40. The fourth-order valence-corrected chi connectivity index (χ4v) is 3.42. The van der Waals surface area contributed by atoms with E-state index in [4.69, 9.17) is 9.47 Å². The van der Waals surface area contributed by atoms with Crippen LogP contribution in [-0.4, -0.2) is 17.8 Å². The molecular weight excluding hydrogens is 240 g/mol. The maximum absolute atomic E-state index is 10.4. The molecule has 1 N–H and O–H groups in total. The van der Waals surface area contributed by atoms with Gasteiger partial charge in [-0.05, 0) is 37.8 Å². The largest absolute Gasteiger partial charge is 0.497 e. The number of hydrogen-bond donors (Lipinski definition) is 1. The Hall–Kier alpha value is -1.22. The van der Waals surface area contributed by atoms with Gasteiger partial charge in [-0.1, -0.05) is 12.8 Å². The summed E-state index contributed by atoms with van der Waals surface area (Å²) in [5, 5.41) is 10.4. The molecule has 0 bridgehead atoms. The Labute approximate surface area is 114 Å². The minimum atomic E-state index is -0.409. The molecule has 1 aromatic carbocycles. The van der Waals surface area contributed by atoms with Crippen molar-refractivity contribution in [2.75, 3.05) is 7.11 Å². The molecule has 0 radical (unpaired) electrons. The standard InChI is InChI=1S/C16H22O3/c1-18-12-6-7-13-14(17)11-16(19-15(13)10-12)8-4-2-3-5-9-16/h6-7,10,14,17H,2-5,8-9,11H2,1H3/t14-/m0/s1. The summed E-state index contributed by atoms with van der Waals surface area (Å²) in [5.74, 6) is 1.59. The van der Waals surface area contributed by atoms with Crippen molar-refractivity contribution in [1.29, 1.82) is 0 Å². The van der Waals surface area contributed by atoms with Gasteiger partial charge in [-0.3, -0.25) is 0 Å². The zero-order chi connectivity index (χ0) is 13.3. The van der Waals surface area contributed by atoms with Crippen LogP contribution in [0.5, 0.6) is 11.5 Å². The van der Waals surface area contributed by atoms with Crippen molar-refractivity contribution < 1.29 is 14.6 Å². The first kappa shape index (κ1) is 12.8. The number of hydrogen-bond acceptors (Lipinski definition) is 3. The molecule has 1 atom stereocenters. The monoisotopic (exact) mass is 262 g/mol. The molecule has 3 heteroatoms. The van der Waals surface area contributed by atoms with E-state index < -0.39 is 6.10 Å². The highest BCUT2D eigenvalue weighted by Crippen LogP contribution is 2.46. The summed E-state index contributed by atoms with van der Waals surface area (Å²) in [5.41, 5.74) is 0.741. The SMILES string of the molecule is COc1ccc2c(c1)OC1(CCCCCC1)C[C@@H]2O. The fraction of sp³-hybridized carbons (Fsp3) is 0.625. The van der Waals surface area contributed by atoms with Crippen LogP contribution in [-0.2, 0) is 0 Å². The third kappa shape index (κ3) is 2.44. The quantitative estimate of drug-likeness (QED) is 0.840. The molecule has 0 aromatic heterocycles. The number of methoxy groups -OCH3 is 1. The summed E-state index contributed by atoms with van der Waals surface area (Å²) < 4.78 is 11.6. The Balaban J connectivity index is 1.92. The van der Waals surface area contributed by atoms with E-state index in [1.807, 2.05) is 18.2 Å². The highest BCUT2D eigenvalue weighted by Gasteiger charge is 2.40. The number of benzene rings is 1. The molecule has 0 amide bonds. The van der Waals surface area contributed by atoms with Crippen molar-refractivity contribution >= 4 is 0 Å². The van der Waals surface area contributed by atoms with Crippen LogP contribution >= 0.6 is 0 Å². The number of fused-ring (bicyclic) bond motifs is 1. The fourth-order valence-electron chi connectivity index (χ4n) is 3.42. The minimum Gasteiger partial charge on any atom is -0.497 e. The van der Waals surface area contributed by atoms with Crippen LogP contribution in [0.3, 0.4) is 0 Å². The van der Waals surface area contributed by atoms with Crippen molar-refractivity contribution in [2.45, 2.75) is 56.7 Å². The van der Waals surface area contributed by atoms with E-state index in [0.29, 0.717) is 0 Å². The first-order valence-corrected chi connectivity index (χ1v) is 7.27. The molecule has 0 saturated heterocycles. The van der Waals surface area contributed by atoms with Crippen molar-refractivity contribution in [2.24, 2.45) is 0 Å². The van der Waals surface area contributed by atoms with Gasteiger partial charge >= 0.3 is 0 Å². The van der Waals surface area contributed by atoms with E-state index >= 15 is 0 Å². The predicted octanol–water partition coefficient (Wildman–Crippen LogP) is 3.60. The second-order valence-corrected chi connectivity index (χ2v) is 5.82. The highest BCUT2D eigenvalue weighted by atomic mass is 16.5. The van der Waals surface area contributed by atoms with Gasteiger partial charge in [0.05, 0.1) is 13.2 Å². The second kappa shape index (κ2) is 5.04. The van der Waals surface area contributed by atoms with E-state index in [9.17, 15) is 5.11 Å². The summed E-state index contributed by atoms with van der Waals surface area (Å²) in [6.45, 7) is 0. The van der Waals surface area contributed by atoms with Crippen molar-refractivity contribution in [3.05, 3.63) is 23.8 Å². The minimum absolute atomic E-state index is 0.157. The molecular formula is C16H22O3. The molecule has 1 aliphatic heterocycles. The molecule has 1 spiro atoms. The lowest BCUT2D eigenvalue weighted by atomic mass is 9.83. The topological polar surface area (TPSA) is 38.7 Å². The Morgan fingerprint density at radius 1 is 1.21 bits per heavy atom. The molecule has 19 heavy (non-hydrogen) atoms. The average Bonchev–Trinajstić information content (AvgIpc) is 2.63. The van der Waals surface area contributed by atoms with Gasteiger partial charge in [0.1, 0.15) is 17.1 Å². The van der Waals surface area contributed by atoms with Crippen LogP contribution in [0.15, 0.2) is 18.2 Å². The lowest BCUT2D eigenvalue weighted by Crippen LogP contribution is -2.40. The van der Waals surface area contributed by atoms with E-state index in [-0.39, 0.29) is 5.60 Å². The number of aliphatic hydroxyl groups is 1. The lowest BCUT2D eigenvalue weighted by Gasteiger charge is -2.40. The average molecular weight is 262 g/mol. The van der Waals surface area contributed by atoms with Gasteiger partial charge in [0.15, 0.2) is 0 Å². The highest BCUT2D eigenvalue weighted by molar-refractivity contribution is 5.44. The van der Waals surface area contributed by atoms with E-state index in [2.05, 4.69) is 0 Å². The number of aliphatic hydroxyl groups excluding tert-OH is 1. The maximum atomic E-state index is 10.4. The van der Waals surface area contributed by atoms with Gasteiger partial charge in [-0.2, -0.15) is 0 Å². The first-order chi connectivity index (χ1) is 9.22. The Bertz CT molecular complexity index is 447. The third-order valence-corrected chi connectivity index (χ3v) is 4.49. The summed E-state index contributed by atoms with van der Waals surface area (Å²) in [6, 6.07) is 5.71. The number of ether oxygens (including phenoxy) is 2. The van der Waals surface area contributed by atoms with Gasteiger partial charge in [0.2, 0.25) is 0 Å². The lowest BCUT2D eigenvalue weighted by molar-refractivity contribution is -0.0245. The second-order valence-electron chi connectivity index (χ2n) is 5.82. The van der Waals surface area contributed by atoms with Gasteiger partial charge in [-0.25, -0.2) is 0 Å². The molecule has 2 aliphatic rings. The Morgan fingerprint density at radius 2 is 1.95 bits per heavy atom.